The normalized spacial score (nSPS) is 14.9. The van der Waals surface area contributed by atoms with E-state index >= 15 is 0 Å². The van der Waals surface area contributed by atoms with Gasteiger partial charge in [-0.1, -0.05) is 30.3 Å². The Balaban J connectivity index is 1.41. The van der Waals surface area contributed by atoms with Crippen molar-refractivity contribution in [1.82, 2.24) is 15.5 Å². The Labute approximate surface area is 134 Å². The Bertz CT molecular complexity index is 416. The van der Waals surface area contributed by atoms with Crippen LogP contribution in [0.2, 0.25) is 0 Å². The molecule has 22 heavy (non-hydrogen) atoms. The van der Waals surface area contributed by atoms with Gasteiger partial charge < -0.3 is 15.5 Å². The van der Waals surface area contributed by atoms with E-state index in [0.717, 1.165) is 32.4 Å². The summed E-state index contributed by atoms with van der Waals surface area (Å²) in [4.78, 5) is 14.2. The molecule has 1 aliphatic heterocycles. The van der Waals surface area contributed by atoms with E-state index in [1.54, 1.807) is 0 Å². The second-order valence-corrected chi connectivity index (χ2v) is 6.03. The third-order valence-corrected chi connectivity index (χ3v) is 4.16. The standard InChI is InChI=1S/C18H29N3O/c22-18(19-12-4-5-14-21-15-6-7-16-21)20-13-8-11-17-9-2-1-3-10-17/h1-3,9-10H,4-8,11-16H2,(H2,19,20,22). The van der Waals surface area contributed by atoms with Crippen molar-refractivity contribution < 1.29 is 4.79 Å². The fraction of sp³-hybridized carbons (Fsp3) is 0.611. The van der Waals surface area contributed by atoms with Crippen LogP contribution < -0.4 is 10.6 Å². The molecule has 1 aromatic rings. The molecule has 1 aromatic carbocycles. The minimum atomic E-state index is -0.0331. The molecule has 1 heterocycles. The van der Waals surface area contributed by atoms with Gasteiger partial charge in [0.05, 0.1) is 0 Å². The number of likely N-dealkylation sites (tertiary alicyclic amines) is 1. The minimum Gasteiger partial charge on any atom is -0.338 e. The summed E-state index contributed by atoms with van der Waals surface area (Å²) in [5.41, 5.74) is 1.33. The minimum absolute atomic E-state index is 0.0331. The molecule has 4 heteroatoms. The zero-order valence-electron chi connectivity index (χ0n) is 13.5. The van der Waals surface area contributed by atoms with Crippen molar-refractivity contribution in [3.05, 3.63) is 35.9 Å². The zero-order chi connectivity index (χ0) is 15.5. The zero-order valence-corrected chi connectivity index (χ0v) is 13.5. The topological polar surface area (TPSA) is 44.4 Å². The molecule has 0 aromatic heterocycles. The number of hydrogen-bond acceptors (Lipinski definition) is 2. The Morgan fingerprint density at radius 1 is 0.955 bits per heavy atom. The smallest absolute Gasteiger partial charge is 0.314 e. The van der Waals surface area contributed by atoms with E-state index in [4.69, 9.17) is 0 Å². The molecule has 2 rings (SSSR count). The lowest BCUT2D eigenvalue weighted by Crippen LogP contribution is -2.36. The number of nitrogens with one attached hydrogen (secondary N) is 2. The number of hydrogen-bond donors (Lipinski definition) is 2. The average molecular weight is 303 g/mol. The predicted octanol–water partition coefficient (Wildman–Crippen LogP) is 2.79. The molecule has 0 aliphatic carbocycles. The number of rotatable bonds is 9. The van der Waals surface area contributed by atoms with Crippen molar-refractivity contribution in [2.24, 2.45) is 0 Å². The lowest BCUT2D eigenvalue weighted by molar-refractivity contribution is 0.240. The Kier molecular flexibility index (Phi) is 7.81. The molecule has 2 amide bonds. The van der Waals surface area contributed by atoms with Crippen LogP contribution >= 0.6 is 0 Å². The first-order valence-corrected chi connectivity index (χ1v) is 8.62. The number of unbranched alkanes of at least 4 members (excludes halogenated alkanes) is 1. The molecule has 4 nitrogen and oxygen atoms in total. The quantitative estimate of drug-likeness (QED) is 0.689. The van der Waals surface area contributed by atoms with Gasteiger partial charge in [0.15, 0.2) is 0 Å². The summed E-state index contributed by atoms with van der Waals surface area (Å²) in [7, 11) is 0. The van der Waals surface area contributed by atoms with Crippen LogP contribution in [0.3, 0.4) is 0 Å². The summed E-state index contributed by atoms with van der Waals surface area (Å²) in [5.74, 6) is 0. The average Bonchev–Trinajstić information content (AvgIpc) is 3.06. The largest absolute Gasteiger partial charge is 0.338 e. The van der Waals surface area contributed by atoms with Crippen LogP contribution in [0.5, 0.6) is 0 Å². The molecule has 1 fully saturated rings. The lowest BCUT2D eigenvalue weighted by Gasteiger charge is -2.14. The first-order valence-electron chi connectivity index (χ1n) is 8.62. The Hall–Kier alpha value is -1.55. The molecule has 0 unspecified atom stereocenters. The maximum atomic E-state index is 11.6. The van der Waals surface area contributed by atoms with Gasteiger partial charge in [0.25, 0.3) is 0 Å². The first kappa shape index (κ1) is 16.8. The SMILES string of the molecule is O=C(NCCCCN1CCCC1)NCCCc1ccccc1. The highest BCUT2D eigenvalue weighted by Crippen LogP contribution is 2.07. The van der Waals surface area contributed by atoms with Gasteiger partial charge in [-0.2, -0.15) is 0 Å². The number of amides is 2. The van der Waals surface area contributed by atoms with Crippen LogP contribution in [-0.4, -0.2) is 43.7 Å². The fourth-order valence-electron chi connectivity index (χ4n) is 2.87. The molecule has 0 spiro atoms. The fourth-order valence-corrected chi connectivity index (χ4v) is 2.87. The molecule has 2 N–H and O–H groups in total. The van der Waals surface area contributed by atoms with E-state index in [-0.39, 0.29) is 6.03 Å². The highest BCUT2D eigenvalue weighted by molar-refractivity contribution is 5.73. The van der Waals surface area contributed by atoms with E-state index in [2.05, 4.69) is 39.8 Å². The van der Waals surface area contributed by atoms with Crippen molar-refractivity contribution in [2.45, 2.75) is 38.5 Å². The number of aryl methyl sites for hydroxylation is 1. The van der Waals surface area contributed by atoms with Gasteiger partial charge in [-0.3, -0.25) is 0 Å². The molecule has 1 aliphatic rings. The van der Waals surface area contributed by atoms with Crippen LogP contribution in [-0.2, 0) is 6.42 Å². The number of urea groups is 1. The van der Waals surface area contributed by atoms with Gasteiger partial charge in [0.2, 0.25) is 0 Å². The number of carbonyl (C=O) groups excluding carboxylic acids is 1. The third-order valence-electron chi connectivity index (χ3n) is 4.16. The number of nitrogens with zero attached hydrogens (tertiary/aromatic N) is 1. The van der Waals surface area contributed by atoms with Crippen LogP contribution in [0.1, 0.15) is 37.7 Å². The van der Waals surface area contributed by atoms with Gasteiger partial charge in [-0.25, -0.2) is 4.79 Å². The van der Waals surface area contributed by atoms with E-state index in [0.29, 0.717) is 0 Å². The summed E-state index contributed by atoms with van der Waals surface area (Å²) in [5, 5.41) is 5.86. The van der Waals surface area contributed by atoms with Crippen molar-refractivity contribution in [1.29, 1.82) is 0 Å². The van der Waals surface area contributed by atoms with Crippen molar-refractivity contribution in [3.63, 3.8) is 0 Å². The molecule has 0 radical (unpaired) electrons. The lowest BCUT2D eigenvalue weighted by atomic mass is 10.1. The van der Waals surface area contributed by atoms with Crippen LogP contribution in [0.4, 0.5) is 4.79 Å². The van der Waals surface area contributed by atoms with Gasteiger partial charge in [-0.15, -0.1) is 0 Å². The molecular formula is C18H29N3O. The molecule has 0 atom stereocenters. The Morgan fingerprint density at radius 2 is 1.64 bits per heavy atom. The van der Waals surface area contributed by atoms with Crippen LogP contribution in [0, 0.1) is 0 Å². The maximum Gasteiger partial charge on any atom is 0.314 e. The number of benzene rings is 1. The second-order valence-electron chi connectivity index (χ2n) is 6.03. The molecule has 0 bridgehead atoms. The summed E-state index contributed by atoms with van der Waals surface area (Å²) < 4.78 is 0. The van der Waals surface area contributed by atoms with Crippen LogP contribution in [0.25, 0.3) is 0 Å². The molecule has 122 valence electrons. The monoisotopic (exact) mass is 303 g/mol. The van der Waals surface area contributed by atoms with Gasteiger partial charge in [-0.05, 0) is 63.7 Å². The van der Waals surface area contributed by atoms with E-state index < -0.39 is 0 Å². The Morgan fingerprint density at radius 3 is 2.36 bits per heavy atom. The molecule has 0 saturated carbocycles. The van der Waals surface area contributed by atoms with Crippen molar-refractivity contribution in [2.75, 3.05) is 32.7 Å². The number of carbonyl (C=O) groups is 1. The van der Waals surface area contributed by atoms with E-state index in [1.807, 2.05) is 6.07 Å². The summed E-state index contributed by atoms with van der Waals surface area (Å²) in [6, 6.07) is 10.4. The van der Waals surface area contributed by atoms with E-state index in [9.17, 15) is 4.79 Å². The highest BCUT2D eigenvalue weighted by atomic mass is 16.2. The summed E-state index contributed by atoms with van der Waals surface area (Å²) in [6.45, 7) is 5.21. The van der Waals surface area contributed by atoms with E-state index in [1.165, 1.54) is 44.5 Å². The van der Waals surface area contributed by atoms with Gasteiger partial charge in [0, 0.05) is 13.1 Å². The highest BCUT2D eigenvalue weighted by Gasteiger charge is 2.10. The van der Waals surface area contributed by atoms with Crippen molar-refractivity contribution in [3.8, 4) is 0 Å². The predicted molar refractivity (Wildman–Crippen MR) is 91.1 cm³/mol. The third kappa shape index (κ3) is 6.94. The summed E-state index contributed by atoms with van der Waals surface area (Å²) in [6.07, 6.45) is 6.93. The van der Waals surface area contributed by atoms with Crippen molar-refractivity contribution >= 4 is 6.03 Å². The second kappa shape index (κ2) is 10.2. The first-order chi connectivity index (χ1) is 10.8. The maximum absolute atomic E-state index is 11.6. The van der Waals surface area contributed by atoms with Gasteiger partial charge in [0.1, 0.15) is 0 Å². The van der Waals surface area contributed by atoms with Crippen LogP contribution in [0.15, 0.2) is 30.3 Å². The molecular weight excluding hydrogens is 274 g/mol. The summed E-state index contributed by atoms with van der Waals surface area (Å²) >= 11 is 0. The van der Waals surface area contributed by atoms with Gasteiger partial charge >= 0.3 is 6.03 Å². The molecule has 1 saturated heterocycles.